The van der Waals surface area contributed by atoms with Crippen LogP contribution in [-0.4, -0.2) is 60.5 Å². The first-order valence-electron chi connectivity index (χ1n) is 9.97. The van der Waals surface area contributed by atoms with Gasteiger partial charge >= 0.3 is 5.97 Å². The summed E-state index contributed by atoms with van der Waals surface area (Å²) in [7, 11) is 0. The number of likely N-dealkylation sites (tertiary alicyclic amines) is 2. The van der Waals surface area contributed by atoms with Crippen LogP contribution in [0.2, 0.25) is 0 Å². The molecule has 2 fully saturated rings. The summed E-state index contributed by atoms with van der Waals surface area (Å²) in [5.41, 5.74) is 0.371. The third kappa shape index (κ3) is 4.43. The summed E-state index contributed by atoms with van der Waals surface area (Å²) in [6.45, 7) is 5.33. The van der Waals surface area contributed by atoms with Crippen LogP contribution in [0.3, 0.4) is 0 Å². The summed E-state index contributed by atoms with van der Waals surface area (Å²) in [6.07, 6.45) is 13.3. The summed E-state index contributed by atoms with van der Waals surface area (Å²) in [5.74, 6) is -0.135. The van der Waals surface area contributed by atoms with Crippen molar-refractivity contribution < 1.29 is 14.3 Å². The molecule has 25 heavy (non-hydrogen) atoms. The second kappa shape index (κ2) is 8.35. The van der Waals surface area contributed by atoms with E-state index in [0.717, 1.165) is 38.8 Å². The van der Waals surface area contributed by atoms with Crippen molar-refractivity contribution in [3.8, 4) is 0 Å². The van der Waals surface area contributed by atoms with Gasteiger partial charge in [-0.2, -0.15) is 0 Å². The SMILES string of the molecule is CCOC(=O)[C@H]1CCCCN1C(=O)CN1CCC[C@@]2(CC=CCC2)C1. The van der Waals surface area contributed by atoms with Crippen LogP contribution in [0.1, 0.15) is 58.3 Å². The molecular formula is C20H32N2O3. The molecule has 2 heterocycles. The number of allylic oxidation sites excluding steroid dienone is 2. The molecule has 1 spiro atoms. The number of hydrogen-bond acceptors (Lipinski definition) is 4. The lowest BCUT2D eigenvalue weighted by Gasteiger charge is -2.44. The van der Waals surface area contributed by atoms with Gasteiger partial charge in [0.2, 0.25) is 5.91 Å². The fourth-order valence-electron chi connectivity index (χ4n) is 4.75. The molecule has 3 aliphatic rings. The Kier molecular flexibility index (Phi) is 6.15. The Bertz CT molecular complexity index is 519. The maximum atomic E-state index is 12.9. The number of nitrogens with zero attached hydrogens (tertiary/aromatic N) is 2. The van der Waals surface area contributed by atoms with Crippen LogP contribution >= 0.6 is 0 Å². The Morgan fingerprint density at radius 3 is 2.80 bits per heavy atom. The molecule has 0 N–H and O–H groups in total. The van der Waals surface area contributed by atoms with Crippen molar-refractivity contribution in [3.05, 3.63) is 12.2 Å². The van der Waals surface area contributed by atoms with Crippen molar-refractivity contribution in [3.63, 3.8) is 0 Å². The maximum absolute atomic E-state index is 12.9. The van der Waals surface area contributed by atoms with Gasteiger partial charge in [-0.25, -0.2) is 4.79 Å². The van der Waals surface area contributed by atoms with E-state index < -0.39 is 0 Å². The number of esters is 1. The fraction of sp³-hybridized carbons (Fsp3) is 0.800. The lowest BCUT2D eigenvalue weighted by Crippen LogP contribution is -2.53. The van der Waals surface area contributed by atoms with Gasteiger partial charge in [0.1, 0.15) is 6.04 Å². The van der Waals surface area contributed by atoms with Crippen molar-refractivity contribution in [1.82, 2.24) is 9.80 Å². The molecule has 5 nitrogen and oxygen atoms in total. The topological polar surface area (TPSA) is 49.9 Å². The van der Waals surface area contributed by atoms with E-state index in [4.69, 9.17) is 4.74 Å². The molecule has 0 aromatic rings. The van der Waals surface area contributed by atoms with Crippen molar-refractivity contribution in [2.45, 2.75) is 64.3 Å². The smallest absolute Gasteiger partial charge is 0.328 e. The second-order valence-corrected chi connectivity index (χ2v) is 7.88. The molecular weight excluding hydrogens is 316 g/mol. The van der Waals surface area contributed by atoms with Gasteiger partial charge in [0.15, 0.2) is 0 Å². The van der Waals surface area contributed by atoms with Gasteiger partial charge < -0.3 is 9.64 Å². The quantitative estimate of drug-likeness (QED) is 0.579. The van der Waals surface area contributed by atoms with Gasteiger partial charge in [0.25, 0.3) is 0 Å². The number of carbonyl (C=O) groups excluding carboxylic acids is 2. The van der Waals surface area contributed by atoms with Gasteiger partial charge in [0.05, 0.1) is 13.2 Å². The fourth-order valence-corrected chi connectivity index (χ4v) is 4.75. The molecule has 2 saturated heterocycles. The largest absolute Gasteiger partial charge is 0.464 e. The summed E-state index contributed by atoms with van der Waals surface area (Å²) >= 11 is 0. The van der Waals surface area contributed by atoms with E-state index in [1.807, 2.05) is 6.92 Å². The van der Waals surface area contributed by atoms with Crippen LogP contribution in [0.4, 0.5) is 0 Å². The Balaban J connectivity index is 1.60. The van der Waals surface area contributed by atoms with Gasteiger partial charge in [-0.15, -0.1) is 0 Å². The molecule has 1 amide bonds. The van der Waals surface area contributed by atoms with Crippen LogP contribution in [0.5, 0.6) is 0 Å². The first kappa shape index (κ1) is 18.4. The minimum absolute atomic E-state index is 0.0983. The summed E-state index contributed by atoms with van der Waals surface area (Å²) in [5, 5.41) is 0. The molecule has 140 valence electrons. The monoisotopic (exact) mass is 348 g/mol. The molecule has 2 atom stereocenters. The summed E-state index contributed by atoms with van der Waals surface area (Å²) < 4.78 is 5.19. The van der Waals surface area contributed by atoms with E-state index in [1.54, 1.807) is 4.90 Å². The van der Waals surface area contributed by atoms with Gasteiger partial charge in [-0.3, -0.25) is 9.69 Å². The minimum Gasteiger partial charge on any atom is -0.464 e. The first-order chi connectivity index (χ1) is 12.1. The number of rotatable bonds is 4. The zero-order valence-electron chi connectivity index (χ0n) is 15.5. The van der Waals surface area contributed by atoms with E-state index in [9.17, 15) is 9.59 Å². The van der Waals surface area contributed by atoms with Crippen LogP contribution in [0.15, 0.2) is 12.2 Å². The van der Waals surface area contributed by atoms with Crippen LogP contribution in [0.25, 0.3) is 0 Å². The Morgan fingerprint density at radius 1 is 1.16 bits per heavy atom. The standard InChI is InChI=1S/C20H32N2O3/c1-2-25-19(24)17-9-4-7-14-22(17)18(23)15-21-13-8-12-20(16-21)10-5-3-6-11-20/h3,5,17H,2,4,6-16H2,1H3/t17-,20+/m1/s1. The van der Waals surface area contributed by atoms with Crippen LogP contribution in [-0.2, 0) is 14.3 Å². The number of ether oxygens (including phenoxy) is 1. The minimum atomic E-state index is -0.377. The summed E-state index contributed by atoms with van der Waals surface area (Å²) in [4.78, 5) is 29.2. The van der Waals surface area contributed by atoms with Gasteiger partial charge in [-0.1, -0.05) is 12.2 Å². The maximum Gasteiger partial charge on any atom is 0.328 e. The zero-order chi connectivity index (χ0) is 17.7. The lowest BCUT2D eigenvalue weighted by molar-refractivity contribution is -0.157. The van der Waals surface area contributed by atoms with E-state index in [2.05, 4.69) is 17.1 Å². The average molecular weight is 348 g/mol. The predicted octanol–water partition coefficient (Wildman–Crippen LogP) is 2.75. The van der Waals surface area contributed by atoms with E-state index >= 15 is 0 Å². The lowest BCUT2D eigenvalue weighted by atomic mass is 9.71. The van der Waals surface area contributed by atoms with Crippen molar-refractivity contribution >= 4 is 11.9 Å². The number of amides is 1. The average Bonchev–Trinajstić information content (AvgIpc) is 2.62. The third-order valence-corrected chi connectivity index (χ3v) is 6.04. The normalized spacial score (nSPS) is 30.4. The van der Waals surface area contributed by atoms with Gasteiger partial charge in [0, 0.05) is 13.1 Å². The molecule has 0 unspecified atom stereocenters. The van der Waals surface area contributed by atoms with Crippen LogP contribution < -0.4 is 0 Å². The number of piperidine rings is 2. The molecule has 2 aliphatic heterocycles. The van der Waals surface area contributed by atoms with Crippen molar-refractivity contribution in [2.24, 2.45) is 5.41 Å². The molecule has 0 radical (unpaired) electrons. The van der Waals surface area contributed by atoms with E-state index in [1.165, 1.54) is 25.7 Å². The Hall–Kier alpha value is -1.36. The summed E-state index contributed by atoms with van der Waals surface area (Å²) in [6, 6.07) is -0.377. The predicted molar refractivity (Wildman–Crippen MR) is 97.1 cm³/mol. The number of hydrogen-bond donors (Lipinski definition) is 0. The highest BCUT2D eigenvalue weighted by Gasteiger charge is 2.38. The first-order valence-corrected chi connectivity index (χ1v) is 9.97. The molecule has 3 rings (SSSR count). The molecule has 0 aromatic carbocycles. The Labute approximate surface area is 151 Å². The Morgan fingerprint density at radius 2 is 2.04 bits per heavy atom. The molecule has 0 aromatic heterocycles. The van der Waals surface area contributed by atoms with Crippen molar-refractivity contribution in [2.75, 3.05) is 32.8 Å². The van der Waals surface area contributed by atoms with Crippen LogP contribution in [0, 0.1) is 5.41 Å². The molecule has 5 heteroatoms. The second-order valence-electron chi connectivity index (χ2n) is 7.88. The van der Waals surface area contributed by atoms with E-state index in [0.29, 0.717) is 25.1 Å². The zero-order valence-corrected chi connectivity index (χ0v) is 15.5. The molecule has 0 saturated carbocycles. The molecule has 0 bridgehead atoms. The highest BCUT2D eigenvalue weighted by molar-refractivity contribution is 5.85. The van der Waals surface area contributed by atoms with Gasteiger partial charge in [-0.05, 0) is 70.3 Å². The highest BCUT2D eigenvalue weighted by atomic mass is 16.5. The highest BCUT2D eigenvalue weighted by Crippen LogP contribution is 2.40. The van der Waals surface area contributed by atoms with E-state index in [-0.39, 0.29) is 17.9 Å². The van der Waals surface area contributed by atoms with Crippen molar-refractivity contribution in [1.29, 1.82) is 0 Å². The third-order valence-electron chi connectivity index (χ3n) is 6.04. The number of carbonyl (C=O) groups is 2. The molecule has 1 aliphatic carbocycles.